The van der Waals surface area contributed by atoms with Crippen molar-refractivity contribution in [3.05, 3.63) is 0 Å². The average molecular weight is 172 g/mol. The maximum absolute atomic E-state index is 10.9. The Hall–Kier alpha value is -0.610. The van der Waals surface area contributed by atoms with Crippen LogP contribution in [0.5, 0.6) is 0 Å². The van der Waals surface area contributed by atoms with Crippen LogP contribution in [0.25, 0.3) is 0 Å². The lowest BCUT2D eigenvalue weighted by Gasteiger charge is -2.23. The first-order chi connectivity index (χ1) is 5.83. The molecule has 0 spiro atoms. The van der Waals surface area contributed by atoms with Gasteiger partial charge in [0, 0.05) is 26.1 Å². The predicted octanol–water partition coefficient (Wildman–Crippen LogP) is -0.499. The van der Waals surface area contributed by atoms with E-state index >= 15 is 0 Å². The molecule has 0 aromatic heterocycles. The van der Waals surface area contributed by atoms with E-state index in [1.165, 1.54) is 0 Å². The minimum Gasteiger partial charge on any atom is -0.374 e. The van der Waals surface area contributed by atoms with Crippen molar-refractivity contribution in [3.63, 3.8) is 0 Å². The molecule has 1 unspecified atom stereocenters. The van der Waals surface area contributed by atoms with Gasteiger partial charge in [0.05, 0.1) is 12.7 Å². The van der Waals surface area contributed by atoms with Crippen molar-refractivity contribution in [1.29, 1.82) is 0 Å². The summed E-state index contributed by atoms with van der Waals surface area (Å²) in [4.78, 5) is 10.9. The van der Waals surface area contributed by atoms with Gasteiger partial charge in [-0.1, -0.05) is 6.92 Å². The fourth-order valence-corrected chi connectivity index (χ4v) is 1.10. The first kappa shape index (κ1) is 9.48. The summed E-state index contributed by atoms with van der Waals surface area (Å²) in [5, 5.41) is 6.00. The molecule has 1 rings (SSSR count). The number of rotatable bonds is 3. The van der Waals surface area contributed by atoms with E-state index in [4.69, 9.17) is 4.74 Å². The lowest BCUT2D eigenvalue weighted by molar-refractivity contribution is -0.121. The van der Waals surface area contributed by atoms with E-state index in [-0.39, 0.29) is 12.0 Å². The predicted molar refractivity (Wildman–Crippen MR) is 45.9 cm³/mol. The van der Waals surface area contributed by atoms with E-state index in [1.807, 2.05) is 6.92 Å². The van der Waals surface area contributed by atoms with Crippen molar-refractivity contribution in [2.75, 3.05) is 26.2 Å². The lowest BCUT2D eigenvalue weighted by Crippen LogP contribution is -2.45. The number of ether oxygens (including phenoxy) is 1. The number of morpholine rings is 1. The summed E-state index contributed by atoms with van der Waals surface area (Å²) in [5.41, 5.74) is 0. The van der Waals surface area contributed by atoms with Crippen LogP contribution in [0.1, 0.15) is 13.3 Å². The lowest BCUT2D eigenvalue weighted by atomic mass is 10.3. The Morgan fingerprint density at radius 2 is 2.58 bits per heavy atom. The number of hydrogen-bond donors (Lipinski definition) is 2. The highest BCUT2D eigenvalue weighted by Gasteiger charge is 2.13. The van der Waals surface area contributed by atoms with Gasteiger partial charge in [0.1, 0.15) is 0 Å². The Morgan fingerprint density at radius 1 is 1.75 bits per heavy atom. The largest absolute Gasteiger partial charge is 0.374 e. The third kappa shape index (κ3) is 3.19. The van der Waals surface area contributed by atoms with Crippen molar-refractivity contribution in [1.82, 2.24) is 10.6 Å². The van der Waals surface area contributed by atoms with Crippen LogP contribution in [0.15, 0.2) is 0 Å². The van der Waals surface area contributed by atoms with E-state index in [0.29, 0.717) is 13.0 Å². The maximum atomic E-state index is 10.9. The van der Waals surface area contributed by atoms with Crippen LogP contribution in [0.4, 0.5) is 0 Å². The van der Waals surface area contributed by atoms with Gasteiger partial charge in [0.2, 0.25) is 5.91 Å². The molecular weight excluding hydrogens is 156 g/mol. The molecule has 70 valence electrons. The molecule has 4 nitrogen and oxygen atoms in total. The second kappa shape index (κ2) is 5.11. The molecule has 2 N–H and O–H groups in total. The van der Waals surface area contributed by atoms with Gasteiger partial charge in [-0.3, -0.25) is 4.79 Å². The third-order valence-corrected chi connectivity index (χ3v) is 1.85. The van der Waals surface area contributed by atoms with E-state index < -0.39 is 0 Å². The fourth-order valence-electron chi connectivity index (χ4n) is 1.10. The van der Waals surface area contributed by atoms with Crippen LogP contribution in [-0.4, -0.2) is 38.3 Å². The van der Waals surface area contributed by atoms with E-state index in [1.54, 1.807) is 0 Å². The summed E-state index contributed by atoms with van der Waals surface area (Å²) in [6.07, 6.45) is 0.689. The zero-order valence-corrected chi connectivity index (χ0v) is 7.43. The van der Waals surface area contributed by atoms with Crippen molar-refractivity contribution < 1.29 is 9.53 Å². The Kier molecular flexibility index (Phi) is 4.04. The summed E-state index contributed by atoms with van der Waals surface area (Å²) < 4.78 is 5.40. The fraction of sp³-hybridized carbons (Fsp3) is 0.875. The van der Waals surface area contributed by atoms with Gasteiger partial charge in [-0.25, -0.2) is 0 Å². The van der Waals surface area contributed by atoms with Crippen molar-refractivity contribution in [2.24, 2.45) is 0 Å². The quantitative estimate of drug-likeness (QED) is 0.603. The Balaban J connectivity index is 2.09. The second-order valence-corrected chi connectivity index (χ2v) is 2.85. The maximum Gasteiger partial charge on any atom is 0.219 e. The third-order valence-electron chi connectivity index (χ3n) is 1.85. The first-order valence-electron chi connectivity index (χ1n) is 4.42. The van der Waals surface area contributed by atoms with Gasteiger partial charge in [-0.15, -0.1) is 0 Å². The Bertz CT molecular complexity index is 144. The van der Waals surface area contributed by atoms with Gasteiger partial charge >= 0.3 is 0 Å². The van der Waals surface area contributed by atoms with E-state index in [0.717, 1.165) is 19.7 Å². The molecule has 1 heterocycles. The van der Waals surface area contributed by atoms with Crippen LogP contribution in [-0.2, 0) is 9.53 Å². The summed E-state index contributed by atoms with van der Waals surface area (Å²) in [5.74, 6) is 0.0872. The topological polar surface area (TPSA) is 50.4 Å². The van der Waals surface area contributed by atoms with Gasteiger partial charge < -0.3 is 15.4 Å². The molecule has 0 saturated carbocycles. The Labute approximate surface area is 72.7 Å². The van der Waals surface area contributed by atoms with Crippen molar-refractivity contribution >= 4 is 5.91 Å². The molecule has 4 heteroatoms. The monoisotopic (exact) mass is 172 g/mol. The molecule has 1 aliphatic heterocycles. The van der Waals surface area contributed by atoms with Gasteiger partial charge in [0.15, 0.2) is 0 Å². The molecule has 12 heavy (non-hydrogen) atoms. The molecule has 1 aliphatic rings. The molecule has 1 atom stereocenters. The van der Waals surface area contributed by atoms with Gasteiger partial charge in [0.25, 0.3) is 0 Å². The second-order valence-electron chi connectivity index (χ2n) is 2.85. The molecule has 0 aromatic carbocycles. The normalized spacial score (nSPS) is 23.6. The first-order valence-corrected chi connectivity index (χ1v) is 4.42. The highest BCUT2D eigenvalue weighted by atomic mass is 16.5. The summed E-state index contributed by atoms with van der Waals surface area (Å²) in [7, 11) is 0. The van der Waals surface area contributed by atoms with E-state index in [2.05, 4.69) is 10.6 Å². The number of carbonyl (C=O) groups is 1. The van der Waals surface area contributed by atoms with Crippen LogP contribution >= 0.6 is 0 Å². The van der Waals surface area contributed by atoms with Gasteiger partial charge in [-0.2, -0.15) is 0 Å². The van der Waals surface area contributed by atoms with Crippen LogP contribution in [0, 0.1) is 0 Å². The van der Waals surface area contributed by atoms with Crippen molar-refractivity contribution in [3.8, 4) is 0 Å². The van der Waals surface area contributed by atoms with Gasteiger partial charge in [-0.05, 0) is 0 Å². The summed E-state index contributed by atoms with van der Waals surface area (Å²) in [6, 6.07) is 0. The highest BCUT2D eigenvalue weighted by molar-refractivity contribution is 5.75. The standard InChI is InChI=1S/C8H16N2O2/c1-2-8(11)10-6-7-5-9-3-4-12-7/h7,9H,2-6H2,1H3,(H,10,11). The minimum atomic E-state index is 0.0872. The van der Waals surface area contributed by atoms with Crippen LogP contribution in [0.3, 0.4) is 0 Å². The highest BCUT2D eigenvalue weighted by Crippen LogP contribution is 1.93. The molecule has 0 aliphatic carbocycles. The van der Waals surface area contributed by atoms with Crippen molar-refractivity contribution in [2.45, 2.75) is 19.4 Å². The smallest absolute Gasteiger partial charge is 0.219 e. The molecule has 1 fully saturated rings. The molecular formula is C8H16N2O2. The molecule has 0 bridgehead atoms. The molecule has 0 aromatic rings. The number of amides is 1. The van der Waals surface area contributed by atoms with E-state index in [9.17, 15) is 4.79 Å². The zero-order chi connectivity index (χ0) is 8.81. The number of nitrogens with one attached hydrogen (secondary N) is 2. The Morgan fingerprint density at radius 3 is 3.17 bits per heavy atom. The molecule has 1 amide bonds. The zero-order valence-electron chi connectivity index (χ0n) is 7.43. The van der Waals surface area contributed by atoms with Crippen LogP contribution < -0.4 is 10.6 Å². The number of carbonyl (C=O) groups excluding carboxylic acids is 1. The number of hydrogen-bond acceptors (Lipinski definition) is 3. The SMILES string of the molecule is CCC(=O)NCC1CNCCO1. The molecule has 0 radical (unpaired) electrons. The minimum absolute atomic E-state index is 0.0872. The molecule has 1 saturated heterocycles. The summed E-state index contributed by atoms with van der Waals surface area (Å²) >= 11 is 0. The van der Waals surface area contributed by atoms with Crippen LogP contribution in [0.2, 0.25) is 0 Å². The average Bonchev–Trinajstić information content (AvgIpc) is 2.16. The summed E-state index contributed by atoms with van der Waals surface area (Å²) in [6.45, 7) is 4.96.